The van der Waals surface area contributed by atoms with Crippen molar-refractivity contribution in [3.05, 3.63) is 35.1 Å². The first-order valence-electron chi connectivity index (χ1n) is 6.12. The highest BCUT2D eigenvalue weighted by Gasteiger charge is 2.16. The molecule has 0 fully saturated rings. The largest absolute Gasteiger partial charge is 0.352 e. The fourth-order valence-corrected chi connectivity index (χ4v) is 1.60. The van der Waals surface area contributed by atoms with Crippen LogP contribution in [0.15, 0.2) is 18.2 Å². The van der Waals surface area contributed by atoms with Crippen LogP contribution in [0.1, 0.15) is 29.8 Å². The number of benzene rings is 1. The lowest BCUT2D eigenvalue weighted by Crippen LogP contribution is -2.40. The third-order valence-electron chi connectivity index (χ3n) is 2.60. The Morgan fingerprint density at radius 1 is 1.37 bits per heavy atom. The average molecular weight is 266 g/mol. The van der Waals surface area contributed by atoms with E-state index in [0.29, 0.717) is 5.56 Å². The molecule has 0 bridgehead atoms. The first-order chi connectivity index (χ1) is 8.81. The van der Waals surface area contributed by atoms with Gasteiger partial charge in [0.2, 0.25) is 5.91 Å². The summed E-state index contributed by atoms with van der Waals surface area (Å²) >= 11 is 0. The normalized spacial score (nSPS) is 10.4. The van der Waals surface area contributed by atoms with Crippen molar-refractivity contribution >= 4 is 11.8 Å². The van der Waals surface area contributed by atoms with Crippen molar-refractivity contribution in [1.82, 2.24) is 10.2 Å². The van der Waals surface area contributed by atoms with Gasteiger partial charge in [0.1, 0.15) is 5.82 Å². The van der Waals surface area contributed by atoms with Gasteiger partial charge in [-0.1, -0.05) is 6.07 Å². The molecule has 0 aromatic heterocycles. The number of halogens is 1. The van der Waals surface area contributed by atoms with E-state index in [-0.39, 0.29) is 30.0 Å². The smallest absolute Gasteiger partial charge is 0.254 e. The number of aryl methyl sites for hydroxylation is 1. The second-order valence-electron chi connectivity index (χ2n) is 4.85. The summed E-state index contributed by atoms with van der Waals surface area (Å²) in [5.74, 6) is -1.04. The molecule has 0 aliphatic rings. The van der Waals surface area contributed by atoms with Gasteiger partial charge in [0.15, 0.2) is 0 Å². The van der Waals surface area contributed by atoms with Gasteiger partial charge < -0.3 is 10.2 Å². The highest BCUT2D eigenvalue weighted by atomic mass is 19.1. The monoisotopic (exact) mass is 266 g/mol. The minimum Gasteiger partial charge on any atom is -0.352 e. The molecule has 0 spiro atoms. The van der Waals surface area contributed by atoms with Gasteiger partial charge in [-0.25, -0.2) is 4.39 Å². The van der Waals surface area contributed by atoms with Crippen LogP contribution in [0.3, 0.4) is 0 Å². The summed E-state index contributed by atoms with van der Waals surface area (Å²) in [6, 6.07) is 4.31. The molecular weight excluding hydrogens is 247 g/mol. The summed E-state index contributed by atoms with van der Waals surface area (Å²) < 4.78 is 13.4. The first-order valence-corrected chi connectivity index (χ1v) is 6.12. The number of nitrogens with zero attached hydrogens (tertiary/aromatic N) is 1. The van der Waals surface area contributed by atoms with Crippen LogP contribution < -0.4 is 5.32 Å². The molecule has 0 radical (unpaired) electrons. The predicted molar refractivity (Wildman–Crippen MR) is 71.4 cm³/mol. The van der Waals surface area contributed by atoms with Crippen LogP contribution in [0.25, 0.3) is 0 Å². The Bertz CT molecular complexity index is 486. The Labute approximate surface area is 112 Å². The van der Waals surface area contributed by atoms with Crippen molar-refractivity contribution in [2.24, 2.45) is 0 Å². The predicted octanol–water partition coefficient (Wildman–Crippen LogP) is 1.73. The van der Waals surface area contributed by atoms with E-state index in [1.807, 2.05) is 13.8 Å². The number of hydrogen-bond acceptors (Lipinski definition) is 2. The fraction of sp³-hybridized carbons (Fsp3) is 0.429. The zero-order valence-electron chi connectivity index (χ0n) is 11.7. The molecular formula is C14H19FN2O2. The number of rotatable bonds is 4. The molecule has 4 nitrogen and oxygen atoms in total. The van der Waals surface area contributed by atoms with Crippen molar-refractivity contribution < 1.29 is 14.0 Å². The summed E-state index contributed by atoms with van der Waals surface area (Å²) in [6.07, 6.45) is 0. The minimum absolute atomic E-state index is 0.0211. The molecule has 0 aliphatic carbocycles. The van der Waals surface area contributed by atoms with Gasteiger partial charge in [-0.15, -0.1) is 0 Å². The second-order valence-corrected chi connectivity index (χ2v) is 4.85. The number of carbonyl (C=O) groups excluding carboxylic acids is 2. The molecule has 1 aromatic rings. The standard InChI is InChI=1S/C14H19FN2O2/c1-9(2)16-13(18)8-17(4)14(19)11-6-5-10(3)12(15)7-11/h5-7,9H,8H2,1-4H3,(H,16,18). The molecule has 0 atom stereocenters. The van der Waals surface area contributed by atoms with Crippen LogP contribution in [0.2, 0.25) is 0 Å². The number of nitrogens with one attached hydrogen (secondary N) is 1. The van der Waals surface area contributed by atoms with Gasteiger partial charge in [-0.05, 0) is 38.5 Å². The van der Waals surface area contributed by atoms with Crippen molar-refractivity contribution in [2.45, 2.75) is 26.8 Å². The van der Waals surface area contributed by atoms with E-state index in [4.69, 9.17) is 0 Å². The summed E-state index contributed by atoms with van der Waals surface area (Å²) in [7, 11) is 1.51. The highest BCUT2D eigenvalue weighted by molar-refractivity contribution is 5.96. The molecule has 104 valence electrons. The topological polar surface area (TPSA) is 49.4 Å². The van der Waals surface area contributed by atoms with Crippen molar-refractivity contribution in [2.75, 3.05) is 13.6 Å². The van der Waals surface area contributed by atoms with Gasteiger partial charge in [0, 0.05) is 18.7 Å². The Balaban J connectivity index is 2.71. The highest BCUT2D eigenvalue weighted by Crippen LogP contribution is 2.10. The molecule has 2 amide bonds. The van der Waals surface area contributed by atoms with Gasteiger partial charge in [0.25, 0.3) is 5.91 Å². The minimum atomic E-state index is -0.425. The molecule has 1 rings (SSSR count). The molecule has 0 aliphatic heterocycles. The van der Waals surface area contributed by atoms with E-state index < -0.39 is 5.82 Å². The Hall–Kier alpha value is -1.91. The molecule has 0 saturated heterocycles. The van der Waals surface area contributed by atoms with Crippen molar-refractivity contribution in [3.63, 3.8) is 0 Å². The summed E-state index contributed by atoms with van der Waals surface area (Å²) in [4.78, 5) is 24.8. The van der Waals surface area contributed by atoms with Crippen molar-refractivity contribution in [1.29, 1.82) is 0 Å². The van der Waals surface area contributed by atoms with E-state index in [1.54, 1.807) is 19.1 Å². The second kappa shape index (κ2) is 6.31. The van der Waals surface area contributed by atoms with Crippen LogP contribution in [-0.2, 0) is 4.79 Å². The van der Waals surface area contributed by atoms with Crippen LogP contribution in [0.4, 0.5) is 4.39 Å². The zero-order valence-corrected chi connectivity index (χ0v) is 11.7. The summed E-state index contributed by atoms with van der Waals surface area (Å²) in [5, 5.41) is 2.69. The summed E-state index contributed by atoms with van der Waals surface area (Å²) in [5.41, 5.74) is 0.722. The molecule has 0 unspecified atom stereocenters. The molecule has 0 saturated carbocycles. The Kier molecular flexibility index (Phi) is 5.03. The number of likely N-dealkylation sites (N-methyl/N-ethyl adjacent to an activating group) is 1. The number of carbonyl (C=O) groups is 2. The third kappa shape index (κ3) is 4.35. The lowest BCUT2D eigenvalue weighted by molar-refractivity contribution is -0.122. The Morgan fingerprint density at radius 3 is 2.53 bits per heavy atom. The third-order valence-corrected chi connectivity index (χ3v) is 2.60. The van der Waals surface area contributed by atoms with E-state index >= 15 is 0 Å². The van der Waals surface area contributed by atoms with Gasteiger partial charge in [-0.3, -0.25) is 9.59 Å². The maximum atomic E-state index is 13.4. The fourth-order valence-electron chi connectivity index (χ4n) is 1.60. The summed E-state index contributed by atoms with van der Waals surface area (Å²) in [6.45, 7) is 5.26. The lowest BCUT2D eigenvalue weighted by atomic mass is 10.1. The van der Waals surface area contributed by atoms with E-state index in [2.05, 4.69) is 5.32 Å². The van der Waals surface area contributed by atoms with E-state index in [9.17, 15) is 14.0 Å². The maximum Gasteiger partial charge on any atom is 0.254 e. The SMILES string of the molecule is Cc1ccc(C(=O)N(C)CC(=O)NC(C)C)cc1F. The maximum absolute atomic E-state index is 13.4. The first kappa shape index (κ1) is 15.1. The van der Waals surface area contributed by atoms with Crippen molar-refractivity contribution in [3.8, 4) is 0 Å². The quantitative estimate of drug-likeness (QED) is 0.902. The molecule has 0 heterocycles. The molecule has 19 heavy (non-hydrogen) atoms. The Morgan fingerprint density at radius 2 is 2.00 bits per heavy atom. The van der Waals surface area contributed by atoms with E-state index in [0.717, 1.165) is 0 Å². The number of amides is 2. The van der Waals surface area contributed by atoms with Gasteiger partial charge in [0.05, 0.1) is 6.54 Å². The molecule has 5 heteroatoms. The number of hydrogen-bond donors (Lipinski definition) is 1. The molecule has 1 aromatic carbocycles. The van der Waals surface area contributed by atoms with Crippen LogP contribution in [0.5, 0.6) is 0 Å². The van der Waals surface area contributed by atoms with Crippen LogP contribution in [-0.4, -0.2) is 36.3 Å². The van der Waals surface area contributed by atoms with Gasteiger partial charge in [-0.2, -0.15) is 0 Å². The van der Waals surface area contributed by atoms with Gasteiger partial charge >= 0.3 is 0 Å². The molecule has 1 N–H and O–H groups in total. The van der Waals surface area contributed by atoms with Crippen LogP contribution >= 0.6 is 0 Å². The zero-order chi connectivity index (χ0) is 14.6. The van der Waals surface area contributed by atoms with Crippen LogP contribution in [0, 0.1) is 12.7 Å². The average Bonchev–Trinajstić information content (AvgIpc) is 2.30. The van der Waals surface area contributed by atoms with E-state index in [1.165, 1.54) is 18.0 Å². The lowest BCUT2D eigenvalue weighted by Gasteiger charge is -2.18.